The van der Waals surface area contributed by atoms with E-state index in [1.165, 1.54) is 11.1 Å². The molecule has 1 aliphatic carbocycles. The minimum Gasteiger partial charge on any atom is -0.450 e. The number of allylic oxidation sites excluding steroid dienone is 2. The van der Waals surface area contributed by atoms with Gasteiger partial charge in [0.1, 0.15) is 5.75 Å². The van der Waals surface area contributed by atoms with Crippen LogP contribution in [0.5, 0.6) is 5.75 Å². The summed E-state index contributed by atoms with van der Waals surface area (Å²) in [5, 5.41) is 0. The Kier molecular flexibility index (Phi) is 2.95. The fraction of sp³-hybridized carbons (Fsp3) is 0.412. The molecule has 4 heteroatoms. The largest absolute Gasteiger partial charge is 0.450 e. The predicted molar refractivity (Wildman–Crippen MR) is 83.4 cm³/mol. The molecular formula is C17H18FNOS. The van der Waals surface area contributed by atoms with E-state index in [4.69, 9.17) is 4.74 Å². The molecule has 2 unspecified atom stereocenters. The first-order chi connectivity index (χ1) is 10.1. The van der Waals surface area contributed by atoms with E-state index in [2.05, 4.69) is 43.2 Å². The molecule has 1 aromatic carbocycles. The van der Waals surface area contributed by atoms with Crippen molar-refractivity contribution in [3.63, 3.8) is 0 Å². The van der Waals surface area contributed by atoms with E-state index in [1.807, 2.05) is 12.1 Å². The highest BCUT2D eigenvalue weighted by Gasteiger charge is 2.46. The topological polar surface area (TPSA) is 12.5 Å². The number of benzene rings is 1. The molecule has 2 heterocycles. The van der Waals surface area contributed by atoms with Gasteiger partial charge in [0.25, 0.3) is 5.69 Å². The Bertz CT molecular complexity index is 656. The van der Waals surface area contributed by atoms with Crippen molar-refractivity contribution in [1.29, 1.82) is 0 Å². The molecule has 0 saturated carbocycles. The number of alkyl halides is 1. The van der Waals surface area contributed by atoms with Gasteiger partial charge >= 0.3 is 0 Å². The van der Waals surface area contributed by atoms with Crippen LogP contribution in [-0.2, 0) is 5.41 Å². The summed E-state index contributed by atoms with van der Waals surface area (Å²) in [4.78, 5) is 3.30. The molecule has 1 aromatic rings. The lowest BCUT2D eigenvalue weighted by Gasteiger charge is -2.36. The number of likely N-dealkylation sites (N-methyl/N-ethyl adjacent to an activating group) is 1. The number of hydrogen-bond acceptors (Lipinski definition) is 3. The van der Waals surface area contributed by atoms with Crippen LogP contribution in [0.15, 0.2) is 46.9 Å². The molecule has 2 nitrogen and oxygen atoms in total. The highest BCUT2D eigenvalue weighted by Crippen LogP contribution is 2.48. The van der Waals surface area contributed by atoms with E-state index in [-0.39, 0.29) is 5.41 Å². The van der Waals surface area contributed by atoms with E-state index in [1.54, 1.807) is 0 Å². The maximum absolute atomic E-state index is 13.4. The first kappa shape index (κ1) is 13.4. The summed E-state index contributed by atoms with van der Waals surface area (Å²) < 4.78 is 18.7. The monoisotopic (exact) mass is 303 g/mol. The van der Waals surface area contributed by atoms with E-state index >= 15 is 0 Å². The Morgan fingerprint density at radius 3 is 3.14 bits per heavy atom. The maximum Gasteiger partial charge on any atom is 0.291 e. The zero-order valence-corrected chi connectivity index (χ0v) is 13.0. The second kappa shape index (κ2) is 4.62. The van der Waals surface area contributed by atoms with Crippen LogP contribution in [0.25, 0.3) is 0 Å². The molecule has 0 spiro atoms. The minimum atomic E-state index is -1.26. The van der Waals surface area contributed by atoms with Gasteiger partial charge in [0.15, 0.2) is 0 Å². The van der Waals surface area contributed by atoms with Crippen molar-refractivity contribution >= 4 is 11.8 Å². The van der Waals surface area contributed by atoms with Gasteiger partial charge in [0.05, 0.1) is 4.90 Å². The van der Waals surface area contributed by atoms with Gasteiger partial charge < -0.3 is 4.74 Å². The lowest BCUT2D eigenvalue weighted by Crippen LogP contribution is -2.39. The molecule has 0 amide bonds. The third-order valence-electron chi connectivity index (χ3n) is 4.87. The van der Waals surface area contributed by atoms with Gasteiger partial charge in [0.2, 0.25) is 0 Å². The maximum atomic E-state index is 13.4. The second-order valence-electron chi connectivity index (χ2n) is 6.13. The smallest absolute Gasteiger partial charge is 0.291 e. The van der Waals surface area contributed by atoms with Crippen molar-refractivity contribution in [3.8, 4) is 5.75 Å². The summed E-state index contributed by atoms with van der Waals surface area (Å²) in [7, 11) is 2.17. The van der Waals surface area contributed by atoms with Crippen molar-refractivity contribution in [2.45, 2.75) is 35.4 Å². The van der Waals surface area contributed by atoms with Gasteiger partial charge in [-0.1, -0.05) is 29.9 Å². The Morgan fingerprint density at radius 1 is 1.43 bits per heavy atom. The third kappa shape index (κ3) is 1.96. The Balaban J connectivity index is 1.79. The molecule has 2 aliphatic heterocycles. The van der Waals surface area contributed by atoms with Gasteiger partial charge in [-0.15, -0.1) is 0 Å². The van der Waals surface area contributed by atoms with Gasteiger partial charge in [-0.3, -0.25) is 4.90 Å². The summed E-state index contributed by atoms with van der Waals surface area (Å²) in [6.45, 7) is 3.21. The number of nitrogens with zero attached hydrogens (tertiary/aromatic N) is 1. The quantitative estimate of drug-likeness (QED) is 0.781. The van der Waals surface area contributed by atoms with Crippen molar-refractivity contribution in [1.82, 2.24) is 4.90 Å². The van der Waals surface area contributed by atoms with Crippen LogP contribution < -0.4 is 4.74 Å². The summed E-state index contributed by atoms with van der Waals surface area (Å²) in [6, 6.07) is 6.54. The summed E-state index contributed by atoms with van der Waals surface area (Å²) in [6.07, 6.45) is 7.96. The summed E-state index contributed by atoms with van der Waals surface area (Å²) >= 11 is 1.14. The van der Waals surface area contributed by atoms with Crippen molar-refractivity contribution < 1.29 is 9.13 Å². The highest BCUT2D eigenvalue weighted by molar-refractivity contribution is 8.00. The van der Waals surface area contributed by atoms with Crippen LogP contribution in [0.3, 0.4) is 0 Å². The summed E-state index contributed by atoms with van der Waals surface area (Å²) in [5.74, 6) is 0.687. The first-order valence-electron chi connectivity index (χ1n) is 7.28. The second-order valence-corrected chi connectivity index (χ2v) is 7.18. The molecular weight excluding hydrogens is 285 g/mol. The van der Waals surface area contributed by atoms with Crippen LogP contribution in [-0.4, -0.2) is 30.2 Å². The molecule has 1 saturated heterocycles. The van der Waals surface area contributed by atoms with Crippen LogP contribution in [0, 0.1) is 0 Å². The van der Waals surface area contributed by atoms with Crippen molar-refractivity contribution in [2.75, 3.05) is 13.6 Å². The minimum absolute atomic E-state index is 0.00822. The summed E-state index contributed by atoms with van der Waals surface area (Å²) in [5.41, 5.74) is 1.26. The Labute approximate surface area is 128 Å². The van der Waals surface area contributed by atoms with Gasteiger partial charge in [-0.25, -0.2) is 0 Å². The number of fused-ring (bicyclic) bond motifs is 2. The highest BCUT2D eigenvalue weighted by atomic mass is 32.2. The van der Waals surface area contributed by atoms with Crippen LogP contribution in [0.4, 0.5) is 4.39 Å². The average Bonchev–Trinajstić information content (AvgIpc) is 2.99. The van der Waals surface area contributed by atoms with Gasteiger partial charge in [-0.05, 0) is 56.4 Å². The van der Waals surface area contributed by atoms with Crippen molar-refractivity contribution in [3.05, 3.63) is 47.6 Å². The zero-order valence-electron chi connectivity index (χ0n) is 12.2. The van der Waals surface area contributed by atoms with Crippen molar-refractivity contribution in [2.24, 2.45) is 0 Å². The van der Waals surface area contributed by atoms with Crippen LogP contribution >= 0.6 is 11.8 Å². The first-order valence-corrected chi connectivity index (χ1v) is 8.16. The lowest BCUT2D eigenvalue weighted by molar-refractivity contribution is 0.161. The van der Waals surface area contributed by atoms with E-state index in [9.17, 15) is 4.39 Å². The molecule has 3 atom stereocenters. The number of likely N-dealkylation sites (tertiary alicyclic amines) is 1. The number of thioether (sulfide) groups is 1. The lowest BCUT2D eigenvalue weighted by atomic mass is 9.71. The standard InChI is InChI=1S/C17H18FNOS/c1-11-5-6-17(7-8-19(2)15(17)9-11)12-3-4-14-13(10-12)20-16(18)21-14/h3-6,9-10,15-16H,7-8H2,1-2H3/t15-,16?,17?/m0/s1. The van der Waals surface area contributed by atoms with Crippen LogP contribution in [0.1, 0.15) is 18.9 Å². The SMILES string of the molecule is CC1=C[C@@H]2N(C)CCC2(c2ccc3c(c2)OC(F)S3)C=C1. The predicted octanol–water partition coefficient (Wildman–Crippen LogP) is 3.88. The average molecular weight is 303 g/mol. The molecule has 0 aromatic heterocycles. The Hall–Kier alpha value is -1.26. The number of rotatable bonds is 1. The van der Waals surface area contributed by atoms with E-state index in [0.29, 0.717) is 11.8 Å². The van der Waals surface area contributed by atoms with Gasteiger partial charge in [-0.2, -0.15) is 4.39 Å². The normalized spacial score (nSPS) is 34.3. The molecule has 0 bridgehead atoms. The molecule has 0 N–H and O–H groups in total. The third-order valence-corrected chi connectivity index (χ3v) is 5.74. The zero-order chi connectivity index (χ0) is 14.6. The number of hydrogen-bond donors (Lipinski definition) is 0. The Morgan fingerprint density at radius 2 is 2.29 bits per heavy atom. The van der Waals surface area contributed by atoms with E-state index < -0.39 is 5.69 Å². The molecule has 0 radical (unpaired) electrons. The number of halogens is 1. The van der Waals surface area contributed by atoms with Gasteiger partial charge in [0, 0.05) is 11.5 Å². The number of ether oxygens (including phenoxy) is 1. The van der Waals surface area contributed by atoms with Crippen LogP contribution in [0.2, 0.25) is 0 Å². The molecule has 3 aliphatic rings. The fourth-order valence-electron chi connectivity index (χ4n) is 3.71. The molecule has 21 heavy (non-hydrogen) atoms. The van der Waals surface area contributed by atoms with E-state index in [0.717, 1.165) is 29.6 Å². The fourth-order valence-corrected chi connectivity index (χ4v) is 4.43. The molecule has 110 valence electrons. The molecule has 1 fully saturated rings. The molecule has 4 rings (SSSR count).